The van der Waals surface area contributed by atoms with Crippen LogP contribution >= 0.6 is 0 Å². The number of carbonyl (C=O) groups excluding carboxylic acids is 1. The number of amides is 1. The van der Waals surface area contributed by atoms with E-state index in [1.807, 2.05) is 47.9 Å². The predicted octanol–water partition coefficient (Wildman–Crippen LogP) is 3.01. The Morgan fingerprint density at radius 2 is 1.83 bits per heavy atom. The van der Waals surface area contributed by atoms with Crippen molar-refractivity contribution in [2.45, 2.75) is 26.8 Å². The van der Waals surface area contributed by atoms with Crippen molar-refractivity contribution in [2.75, 3.05) is 6.54 Å². The minimum absolute atomic E-state index is 0.0184. The average Bonchev–Trinajstić information content (AvgIpc) is 2.85. The van der Waals surface area contributed by atoms with Crippen LogP contribution in [0.2, 0.25) is 0 Å². The van der Waals surface area contributed by atoms with E-state index in [0.717, 1.165) is 23.3 Å². The van der Waals surface area contributed by atoms with Crippen LogP contribution in [-0.4, -0.2) is 22.0 Å². The first-order valence-corrected chi connectivity index (χ1v) is 7.88. The maximum atomic E-state index is 12.2. The summed E-state index contributed by atoms with van der Waals surface area (Å²) >= 11 is 0. The van der Waals surface area contributed by atoms with Crippen LogP contribution < -0.4 is 5.32 Å². The van der Waals surface area contributed by atoms with Crippen LogP contribution in [-0.2, 0) is 17.8 Å². The van der Waals surface area contributed by atoms with E-state index >= 15 is 0 Å². The van der Waals surface area contributed by atoms with Gasteiger partial charge in [-0.3, -0.25) is 4.79 Å². The molecule has 1 amide bonds. The van der Waals surface area contributed by atoms with Gasteiger partial charge in [0.1, 0.15) is 12.4 Å². The second kappa shape index (κ2) is 6.65. The molecule has 0 atom stereocenters. The van der Waals surface area contributed by atoms with Gasteiger partial charge in [0.15, 0.2) is 0 Å². The van der Waals surface area contributed by atoms with Crippen molar-refractivity contribution in [1.82, 2.24) is 14.9 Å². The summed E-state index contributed by atoms with van der Waals surface area (Å²) in [5, 5.41) is 3.00. The van der Waals surface area contributed by atoms with E-state index in [4.69, 9.17) is 0 Å². The smallest absolute Gasteiger partial charge is 0.240 e. The predicted molar refractivity (Wildman–Crippen MR) is 92.4 cm³/mol. The zero-order valence-corrected chi connectivity index (χ0v) is 13.5. The van der Waals surface area contributed by atoms with Crippen molar-refractivity contribution < 1.29 is 4.79 Å². The molecule has 0 aliphatic rings. The van der Waals surface area contributed by atoms with Crippen molar-refractivity contribution in [3.63, 3.8) is 0 Å². The Kier molecular flexibility index (Phi) is 4.42. The minimum atomic E-state index is 0.0184. The molecule has 0 spiro atoms. The number of carbonyl (C=O) groups is 1. The van der Waals surface area contributed by atoms with Crippen molar-refractivity contribution in [1.29, 1.82) is 0 Å². The van der Waals surface area contributed by atoms with E-state index in [2.05, 4.69) is 29.4 Å². The van der Waals surface area contributed by atoms with E-state index in [-0.39, 0.29) is 5.91 Å². The van der Waals surface area contributed by atoms with Crippen LogP contribution in [0.15, 0.2) is 48.5 Å². The second-order valence-electron chi connectivity index (χ2n) is 5.76. The summed E-state index contributed by atoms with van der Waals surface area (Å²) in [6.45, 7) is 4.98. The fourth-order valence-electron chi connectivity index (χ4n) is 2.82. The molecule has 23 heavy (non-hydrogen) atoms. The molecular weight excluding hydrogens is 286 g/mol. The third-order valence-corrected chi connectivity index (χ3v) is 4.12. The summed E-state index contributed by atoms with van der Waals surface area (Å²) in [6, 6.07) is 16.2. The minimum Gasteiger partial charge on any atom is -0.354 e. The Bertz CT molecular complexity index is 836. The highest BCUT2D eigenvalue weighted by molar-refractivity contribution is 5.81. The summed E-state index contributed by atoms with van der Waals surface area (Å²) in [6.07, 6.45) is 0.849. The highest BCUT2D eigenvalue weighted by Gasteiger charge is 2.10. The number of rotatable bonds is 5. The monoisotopic (exact) mass is 307 g/mol. The largest absolute Gasteiger partial charge is 0.354 e. The number of nitrogens with one attached hydrogen (secondary N) is 1. The van der Waals surface area contributed by atoms with Gasteiger partial charge in [-0.15, -0.1) is 0 Å². The maximum Gasteiger partial charge on any atom is 0.240 e. The van der Waals surface area contributed by atoms with Crippen LogP contribution in [0.5, 0.6) is 0 Å². The van der Waals surface area contributed by atoms with Crippen molar-refractivity contribution in [3.05, 3.63) is 65.5 Å². The first-order chi connectivity index (χ1) is 11.1. The highest BCUT2D eigenvalue weighted by Crippen LogP contribution is 2.15. The third kappa shape index (κ3) is 3.42. The number of nitrogens with zero attached hydrogens (tertiary/aromatic N) is 2. The van der Waals surface area contributed by atoms with Gasteiger partial charge < -0.3 is 9.88 Å². The van der Waals surface area contributed by atoms with E-state index in [1.54, 1.807) is 0 Å². The number of aromatic nitrogens is 2. The SMILES string of the molecule is Cc1ccccc1CCNC(=O)Cn1c(C)nc2ccccc21. The average molecular weight is 307 g/mol. The molecule has 0 aliphatic heterocycles. The lowest BCUT2D eigenvalue weighted by Gasteiger charge is -2.09. The van der Waals surface area contributed by atoms with Gasteiger partial charge in [0, 0.05) is 6.54 Å². The Morgan fingerprint density at radius 1 is 1.09 bits per heavy atom. The quantitative estimate of drug-likeness (QED) is 0.787. The first kappa shape index (κ1) is 15.3. The second-order valence-corrected chi connectivity index (χ2v) is 5.76. The molecule has 3 aromatic rings. The summed E-state index contributed by atoms with van der Waals surface area (Å²) in [4.78, 5) is 16.7. The molecule has 0 saturated carbocycles. The number of aryl methyl sites for hydroxylation is 2. The third-order valence-electron chi connectivity index (χ3n) is 4.12. The molecule has 0 aliphatic carbocycles. The summed E-state index contributed by atoms with van der Waals surface area (Å²) in [5.74, 6) is 0.880. The van der Waals surface area contributed by atoms with Gasteiger partial charge in [-0.05, 0) is 43.5 Å². The van der Waals surface area contributed by atoms with Crippen molar-refractivity contribution in [2.24, 2.45) is 0 Å². The lowest BCUT2D eigenvalue weighted by atomic mass is 10.1. The molecule has 4 heteroatoms. The van der Waals surface area contributed by atoms with Gasteiger partial charge in [-0.1, -0.05) is 36.4 Å². The lowest BCUT2D eigenvalue weighted by Crippen LogP contribution is -2.29. The Labute approximate surface area is 136 Å². The van der Waals surface area contributed by atoms with Crippen LogP contribution in [0.1, 0.15) is 17.0 Å². The summed E-state index contributed by atoms with van der Waals surface area (Å²) in [7, 11) is 0. The molecule has 0 radical (unpaired) electrons. The lowest BCUT2D eigenvalue weighted by molar-refractivity contribution is -0.121. The van der Waals surface area contributed by atoms with Gasteiger partial charge in [0.05, 0.1) is 11.0 Å². The molecule has 1 aromatic heterocycles. The molecule has 3 rings (SSSR count). The normalized spacial score (nSPS) is 10.9. The fourth-order valence-corrected chi connectivity index (χ4v) is 2.82. The highest BCUT2D eigenvalue weighted by atomic mass is 16.1. The van der Waals surface area contributed by atoms with Crippen LogP contribution in [0.4, 0.5) is 0 Å². The Balaban J connectivity index is 1.61. The van der Waals surface area contributed by atoms with Gasteiger partial charge in [-0.2, -0.15) is 0 Å². The Hall–Kier alpha value is -2.62. The van der Waals surface area contributed by atoms with Crippen LogP contribution in [0, 0.1) is 13.8 Å². The number of imidazole rings is 1. The molecule has 118 valence electrons. The van der Waals surface area contributed by atoms with E-state index < -0.39 is 0 Å². The van der Waals surface area contributed by atoms with Gasteiger partial charge in [0.25, 0.3) is 0 Å². The summed E-state index contributed by atoms with van der Waals surface area (Å²) < 4.78 is 1.96. The number of benzene rings is 2. The molecule has 4 nitrogen and oxygen atoms in total. The number of para-hydroxylation sites is 2. The zero-order valence-electron chi connectivity index (χ0n) is 13.5. The molecule has 0 unspecified atom stereocenters. The zero-order chi connectivity index (χ0) is 16.2. The van der Waals surface area contributed by atoms with Gasteiger partial charge in [-0.25, -0.2) is 4.98 Å². The topological polar surface area (TPSA) is 46.9 Å². The fraction of sp³-hybridized carbons (Fsp3) is 0.263. The maximum absolute atomic E-state index is 12.2. The van der Waals surface area contributed by atoms with Gasteiger partial charge >= 0.3 is 0 Å². The standard InChI is InChI=1S/C19H21N3O/c1-14-7-3-4-8-16(14)11-12-20-19(23)13-22-15(2)21-17-9-5-6-10-18(17)22/h3-10H,11-13H2,1-2H3,(H,20,23). The number of fused-ring (bicyclic) bond motifs is 1. The van der Waals surface area contributed by atoms with Crippen LogP contribution in [0.3, 0.4) is 0 Å². The number of hydrogen-bond donors (Lipinski definition) is 1. The summed E-state index contributed by atoms with van der Waals surface area (Å²) in [5.41, 5.74) is 4.46. The van der Waals surface area contributed by atoms with Crippen LogP contribution in [0.25, 0.3) is 11.0 Å². The molecule has 2 aromatic carbocycles. The molecule has 1 heterocycles. The van der Waals surface area contributed by atoms with Gasteiger partial charge in [0.2, 0.25) is 5.91 Å². The van der Waals surface area contributed by atoms with E-state index in [1.165, 1.54) is 11.1 Å². The van der Waals surface area contributed by atoms with Crippen molar-refractivity contribution >= 4 is 16.9 Å². The molecule has 0 fully saturated rings. The molecular formula is C19H21N3O. The molecule has 1 N–H and O–H groups in total. The molecule has 0 bridgehead atoms. The molecule has 0 saturated heterocycles. The van der Waals surface area contributed by atoms with E-state index in [0.29, 0.717) is 13.1 Å². The number of hydrogen-bond acceptors (Lipinski definition) is 2. The first-order valence-electron chi connectivity index (χ1n) is 7.88. The van der Waals surface area contributed by atoms with Crippen molar-refractivity contribution in [3.8, 4) is 0 Å². The van der Waals surface area contributed by atoms with E-state index in [9.17, 15) is 4.79 Å². The Morgan fingerprint density at radius 3 is 2.65 bits per heavy atom.